The van der Waals surface area contributed by atoms with E-state index in [1.807, 2.05) is 38.1 Å². The van der Waals surface area contributed by atoms with Gasteiger partial charge in [-0.05, 0) is 165 Å². The van der Waals surface area contributed by atoms with E-state index in [2.05, 4.69) is 54.2 Å². The lowest BCUT2D eigenvalue weighted by Gasteiger charge is -2.37. The molecular weight excluding hydrogens is 1130 g/mol. The fraction of sp³-hybridized carbons (Fsp3) is 0.438. The van der Waals surface area contributed by atoms with Crippen molar-refractivity contribution in [1.29, 1.82) is 0 Å². The Morgan fingerprint density at radius 1 is 0.635 bits per heavy atom. The minimum atomic E-state index is -0.928. The van der Waals surface area contributed by atoms with E-state index in [0.717, 1.165) is 47.3 Å². The molecule has 2 saturated heterocycles. The molecule has 2 unspecified atom stereocenters. The van der Waals surface area contributed by atoms with Gasteiger partial charge in [-0.3, -0.25) is 30.2 Å². The van der Waals surface area contributed by atoms with E-state index in [1.165, 1.54) is 60.0 Å². The number of aliphatic hydroxyl groups excluding tert-OH is 2. The van der Waals surface area contributed by atoms with Crippen LogP contribution in [0.3, 0.4) is 0 Å². The maximum absolute atomic E-state index is 15.4. The molecule has 0 spiro atoms. The number of aryl methyl sites for hydroxylation is 2. The number of urea groups is 2. The van der Waals surface area contributed by atoms with E-state index in [1.54, 1.807) is 54.9 Å². The number of ketones is 1. The molecule has 85 heavy (non-hydrogen) atoms. The first-order chi connectivity index (χ1) is 40.4. The predicted molar refractivity (Wildman–Crippen MR) is 326 cm³/mol. The number of nitrogens with zero attached hydrogens (tertiary/aromatic N) is 6. The molecule has 6 aromatic rings. The van der Waals surface area contributed by atoms with Crippen molar-refractivity contribution in [2.75, 3.05) is 48.8 Å². The molecule has 2 aliphatic heterocycles. The van der Waals surface area contributed by atoms with Gasteiger partial charge in [0.15, 0.2) is 5.78 Å². The number of pyridine rings is 4. The highest BCUT2D eigenvalue weighted by molar-refractivity contribution is 6.30. The second-order valence-corrected chi connectivity index (χ2v) is 23.7. The van der Waals surface area contributed by atoms with Crippen molar-refractivity contribution in [3.8, 4) is 0 Å². The fourth-order valence-electron chi connectivity index (χ4n) is 11.6. The number of carbonyl (C=O) groups is 4. The number of halogens is 4. The Morgan fingerprint density at radius 2 is 1.14 bits per heavy atom. The van der Waals surface area contributed by atoms with Gasteiger partial charge < -0.3 is 36.4 Å². The van der Waals surface area contributed by atoms with Gasteiger partial charge in [-0.15, -0.1) is 0 Å². The summed E-state index contributed by atoms with van der Waals surface area (Å²) in [6.45, 7) is 6.63. The summed E-state index contributed by atoms with van der Waals surface area (Å²) in [5.41, 5.74) is 11.1. The van der Waals surface area contributed by atoms with Gasteiger partial charge in [0.2, 0.25) is 5.91 Å². The second-order valence-electron chi connectivity index (χ2n) is 22.9. The summed E-state index contributed by atoms with van der Waals surface area (Å²) in [6.07, 6.45) is 15.0. The molecular formula is C64H77Cl2F2N11O6. The molecule has 21 heteroatoms. The monoisotopic (exact) mass is 1200 g/mol. The number of hydrogen-bond acceptors (Lipinski definition) is 12. The standard InChI is InChI=1S/C33H39ClFN5O3.C30H34ClFN6O3.CH4/c1-3-38-33(12-10-22-4-5-22,26-11-13-36-21(2)14-26)25-6-8-28(35)24(16-25)17-30(42)29-15-23(20-41)19-40(29)32(43)39-31-9-7-27(34)18-37-31;1-18-12-22(9-11-34-18)30(33,10-8-19-2-3-19)21-4-6-24(32)25(14-21)36-28(40)26-13-20(17-39)16-38(26)29(41)37-27-7-5-23(31)15-35-27;/h6-9,11,13-14,16,18,22-23,29,38,41H,3-5,10,12,15,17,19-20H2,1-2H3,(H,37,39,43);4-7,9,11-12,14-15,19-20,26,39H,2-3,8,10,13,16-17,33H2,1H3,(H,36,40)(H,35,37,41);1H4/t23-,29-,33?;20-,26-,30?;/m11./s1. The van der Waals surface area contributed by atoms with Gasteiger partial charge in [0, 0.05) is 80.7 Å². The molecule has 4 fully saturated rings. The highest BCUT2D eigenvalue weighted by atomic mass is 35.5. The molecule has 6 heterocycles. The van der Waals surface area contributed by atoms with Crippen molar-refractivity contribution in [3.05, 3.63) is 171 Å². The largest absolute Gasteiger partial charge is 0.396 e. The maximum atomic E-state index is 15.4. The van der Waals surface area contributed by atoms with Gasteiger partial charge >= 0.3 is 12.1 Å². The van der Waals surface area contributed by atoms with E-state index >= 15 is 8.78 Å². The molecule has 4 aromatic heterocycles. The van der Waals surface area contributed by atoms with Gasteiger partial charge in [-0.2, -0.15) is 0 Å². The van der Waals surface area contributed by atoms with Crippen molar-refractivity contribution in [1.82, 2.24) is 35.1 Å². The first-order valence-electron chi connectivity index (χ1n) is 28.8. The summed E-state index contributed by atoms with van der Waals surface area (Å²) in [4.78, 5) is 73.1. The topological polar surface area (TPSA) is 241 Å². The van der Waals surface area contributed by atoms with E-state index in [9.17, 15) is 29.4 Å². The summed E-state index contributed by atoms with van der Waals surface area (Å²) in [7, 11) is 0. The first kappa shape index (κ1) is 64.0. The number of aromatic nitrogens is 4. The summed E-state index contributed by atoms with van der Waals surface area (Å²) < 4.78 is 30.5. The lowest BCUT2D eigenvalue weighted by Crippen LogP contribution is -2.45. The Labute approximate surface area is 505 Å². The number of nitrogens with one attached hydrogen (secondary N) is 4. The number of aliphatic hydroxyl groups is 2. The third-order valence-corrected chi connectivity index (χ3v) is 17.1. The van der Waals surface area contributed by atoms with Crippen LogP contribution in [0.2, 0.25) is 10.0 Å². The molecule has 5 amide bonds. The molecule has 0 bridgehead atoms. The predicted octanol–water partition coefficient (Wildman–Crippen LogP) is 11.1. The van der Waals surface area contributed by atoms with Crippen LogP contribution in [0.4, 0.5) is 35.7 Å². The van der Waals surface area contributed by atoms with Gasteiger partial charge in [0.05, 0.1) is 32.9 Å². The Kier molecular flexibility index (Phi) is 21.4. The molecule has 4 aliphatic rings. The molecule has 2 aliphatic carbocycles. The van der Waals surface area contributed by atoms with Gasteiger partial charge in [-0.1, -0.05) is 81.4 Å². The second kappa shape index (κ2) is 28.5. The minimum Gasteiger partial charge on any atom is -0.396 e. The number of Topliss-reactive ketones (excluding diaryl/α,β-unsaturated/α-hetero) is 1. The van der Waals surface area contributed by atoms with Crippen molar-refractivity contribution >= 4 is 64.3 Å². The normalized spacial score (nSPS) is 19.6. The molecule has 2 aromatic carbocycles. The van der Waals surface area contributed by atoms with Crippen LogP contribution in [-0.2, 0) is 27.1 Å². The molecule has 8 N–H and O–H groups in total. The zero-order chi connectivity index (χ0) is 59.7. The van der Waals surface area contributed by atoms with Crippen LogP contribution >= 0.6 is 23.2 Å². The highest BCUT2D eigenvalue weighted by Gasteiger charge is 2.43. The average Bonchev–Trinajstić information content (AvgIpc) is 2.81. The average molecular weight is 1210 g/mol. The molecule has 10 rings (SSSR count). The lowest BCUT2D eigenvalue weighted by molar-refractivity contribution is -0.122. The lowest BCUT2D eigenvalue weighted by atomic mass is 9.77. The summed E-state index contributed by atoms with van der Waals surface area (Å²) >= 11 is 11.8. The smallest absolute Gasteiger partial charge is 0.323 e. The number of rotatable bonds is 21. The zero-order valence-electron chi connectivity index (χ0n) is 47.5. The van der Waals surface area contributed by atoms with Crippen molar-refractivity contribution < 1.29 is 38.2 Å². The molecule has 6 atom stereocenters. The van der Waals surface area contributed by atoms with Crippen molar-refractivity contribution in [3.63, 3.8) is 0 Å². The zero-order valence-corrected chi connectivity index (χ0v) is 49.0. The van der Waals surface area contributed by atoms with Gasteiger partial charge in [0.25, 0.3) is 0 Å². The van der Waals surface area contributed by atoms with Crippen LogP contribution in [-0.4, -0.2) is 109 Å². The van der Waals surface area contributed by atoms with Gasteiger partial charge in [-0.25, -0.2) is 28.3 Å². The number of nitrogens with two attached hydrogens (primary N) is 1. The Balaban J connectivity index is 0.000000219. The number of carbonyl (C=O) groups excluding carboxylic acids is 4. The van der Waals surface area contributed by atoms with E-state index < -0.39 is 52.8 Å². The summed E-state index contributed by atoms with van der Waals surface area (Å²) in [5.74, 6) is -0.579. The van der Waals surface area contributed by atoms with Gasteiger partial charge in [0.1, 0.15) is 29.3 Å². The number of hydrogen-bond donors (Lipinski definition) is 7. The van der Waals surface area contributed by atoms with Crippen LogP contribution in [0, 0.1) is 49.2 Å². The fourth-order valence-corrected chi connectivity index (χ4v) is 11.8. The van der Waals surface area contributed by atoms with Crippen molar-refractivity contribution in [2.24, 2.45) is 29.4 Å². The first-order valence-corrected chi connectivity index (χ1v) is 29.6. The highest BCUT2D eigenvalue weighted by Crippen LogP contribution is 2.43. The van der Waals surface area contributed by atoms with E-state index in [-0.39, 0.29) is 81.3 Å². The quantitative estimate of drug-likeness (QED) is 0.0356. The number of likely N-dealkylation sites (tertiary alicyclic amines) is 2. The van der Waals surface area contributed by atoms with Crippen LogP contribution in [0.15, 0.2) is 110 Å². The van der Waals surface area contributed by atoms with Crippen LogP contribution in [0.5, 0.6) is 0 Å². The Morgan fingerprint density at radius 3 is 1.68 bits per heavy atom. The Bertz CT molecular complexity index is 3300. The molecule has 0 radical (unpaired) electrons. The SMILES string of the molecule is C.CCNC(CCC1CC1)(c1ccnc(C)c1)c1ccc(F)c(CC(=O)[C@H]2C[C@@H](CO)CN2C(=O)Nc2ccc(Cl)cn2)c1.Cc1cc(C(N)(CCC2CC2)c2ccc(F)c(NC(=O)[C@H]3C[C@@H](CO)CN3C(=O)Nc3ccc(Cl)cn3)c2)ccn1. The number of amides is 5. The van der Waals surface area contributed by atoms with E-state index in [0.29, 0.717) is 52.6 Å². The van der Waals surface area contributed by atoms with E-state index in [4.69, 9.17) is 28.9 Å². The number of benzene rings is 2. The van der Waals surface area contributed by atoms with Crippen LogP contribution in [0.1, 0.15) is 118 Å². The van der Waals surface area contributed by atoms with Crippen molar-refractivity contribution in [2.45, 2.75) is 122 Å². The Hall–Kier alpha value is -7.00. The molecule has 17 nitrogen and oxygen atoms in total. The summed E-state index contributed by atoms with van der Waals surface area (Å²) in [5, 5.41) is 32.2. The number of anilines is 3. The van der Waals surface area contributed by atoms with Crippen LogP contribution < -0.4 is 27.0 Å². The third-order valence-electron chi connectivity index (χ3n) is 16.6. The minimum absolute atomic E-state index is 0. The third kappa shape index (κ3) is 15.9. The molecule has 2 saturated carbocycles. The maximum Gasteiger partial charge on any atom is 0.323 e. The molecule has 452 valence electrons. The van der Waals surface area contributed by atoms with Crippen LogP contribution in [0.25, 0.3) is 0 Å². The summed E-state index contributed by atoms with van der Waals surface area (Å²) in [6, 6.07) is 21.0.